The smallest absolute Gasteiger partial charge is 0.123 e. The molecule has 112 valence electrons. The summed E-state index contributed by atoms with van der Waals surface area (Å²) < 4.78 is 14.6. The number of hydrogen-bond acceptors (Lipinski definition) is 3. The van der Waals surface area contributed by atoms with Gasteiger partial charge in [0, 0.05) is 6.54 Å². The number of benzene rings is 2. The summed E-state index contributed by atoms with van der Waals surface area (Å²) in [5, 5.41) is 8.33. The van der Waals surface area contributed by atoms with Crippen molar-refractivity contribution in [3.05, 3.63) is 77.4 Å². The number of hydrogen-bond donors (Lipinski definition) is 1. The fourth-order valence-electron chi connectivity index (χ4n) is 2.25. The quantitative estimate of drug-likeness (QED) is 0.787. The van der Waals surface area contributed by atoms with Crippen molar-refractivity contribution >= 4 is 0 Å². The van der Waals surface area contributed by atoms with Gasteiger partial charge in [0.2, 0.25) is 0 Å². The van der Waals surface area contributed by atoms with Gasteiger partial charge in [-0.25, -0.2) is 9.07 Å². The molecular formula is C17H17FN4. The van der Waals surface area contributed by atoms with E-state index in [-0.39, 0.29) is 5.82 Å². The van der Waals surface area contributed by atoms with Crippen LogP contribution in [0, 0.1) is 5.82 Å². The van der Waals surface area contributed by atoms with Crippen molar-refractivity contribution in [1.29, 1.82) is 0 Å². The van der Waals surface area contributed by atoms with E-state index in [0.29, 0.717) is 6.54 Å². The van der Waals surface area contributed by atoms with E-state index in [9.17, 15) is 4.39 Å². The fourth-order valence-corrected chi connectivity index (χ4v) is 2.25. The summed E-state index contributed by atoms with van der Waals surface area (Å²) in [5.41, 5.74) is 9.62. The minimum Gasteiger partial charge on any atom is -0.326 e. The van der Waals surface area contributed by atoms with Crippen molar-refractivity contribution in [3.63, 3.8) is 0 Å². The highest BCUT2D eigenvalue weighted by Crippen LogP contribution is 2.11. The zero-order valence-electron chi connectivity index (χ0n) is 12.1. The van der Waals surface area contributed by atoms with Gasteiger partial charge in [-0.3, -0.25) is 0 Å². The van der Waals surface area contributed by atoms with E-state index in [1.165, 1.54) is 12.1 Å². The Morgan fingerprint density at radius 3 is 2.27 bits per heavy atom. The molecule has 1 heterocycles. The van der Waals surface area contributed by atoms with Crippen LogP contribution in [0.3, 0.4) is 0 Å². The fraction of sp³-hybridized carbons (Fsp3) is 0.176. The third-order valence-electron chi connectivity index (χ3n) is 3.56. The molecule has 3 rings (SSSR count). The molecule has 2 N–H and O–H groups in total. The van der Waals surface area contributed by atoms with Gasteiger partial charge in [0.1, 0.15) is 5.82 Å². The first kappa shape index (κ1) is 14.4. The van der Waals surface area contributed by atoms with Crippen molar-refractivity contribution in [2.24, 2.45) is 5.73 Å². The summed E-state index contributed by atoms with van der Waals surface area (Å²) in [5.74, 6) is -0.212. The minimum absolute atomic E-state index is 0.212. The first-order valence-electron chi connectivity index (χ1n) is 7.19. The molecule has 22 heavy (non-hydrogen) atoms. The van der Waals surface area contributed by atoms with Crippen LogP contribution in [0.15, 0.2) is 54.7 Å². The molecule has 0 unspecified atom stereocenters. The lowest BCUT2D eigenvalue weighted by molar-refractivity contribution is 0.627. The summed E-state index contributed by atoms with van der Waals surface area (Å²) in [6, 6.07) is 14.5. The first-order chi connectivity index (χ1) is 10.7. The summed E-state index contributed by atoms with van der Waals surface area (Å²) in [4.78, 5) is 0. The van der Waals surface area contributed by atoms with E-state index >= 15 is 0 Å². The number of aryl methyl sites for hydroxylation is 2. The molecule has 0 atom stereocenters. The zero-order chi connectivity index (χ0) is 15.4. The number of rotatable bonds is 5. The van der Waals surface area contributed by atoms with E-state index in [1.807, 2.05) is 30.5 Å². The number of nitrogens with zero attached hydrogens (tertiary/aromatic N) is 3. The molecule has 0 fully saturated rings. The van der Waals surface area contributed by atoms with Crippen molar-refractivity contribution in [2.75, 3.05) is 0 Å². The van der Waals surface area contributed by atoms with Crippen molar-refractivity contribution in [1.82, 2.24) is 15.0 Å². The Bertz CT molecular complexity index is 732. The summed E-state index contributed by atoms with van der Waals surface area (Å²) >= 11 is 0. The highest BCUT2D eigenvalue weighted by Gasteiger charge is 2.04. The van der Waals surface area contributed by atoms with Crippen LogP contribution in [0.25, 0.3) is 5.69 Å². The van der Waals surface area contributed by atoms with Gasteiger partial charge in [-0.1, -0.05) is 29.5 Å². The topological polar surface area (TPSA) is 56.7 Å². The molecule has 0 bridgehead atoms. The molecule has 0 aliphatic heterocycles. The second-order valence-corrected chi connectivity index (χ2v) is 5.15. The van der Waals surface area contributed by atoms with Crippen LogP contribution in [0.1, 0.15) is 16.8 Å². The van der Waals surface area contributed by atoms with E-state index in [0.717, 1.165) is 35.3 Å². The normalized spacial score (nSPS) is 10.8. The third kappa shape index (κ3) is 3.38. The molecule has 1 aromatic heterocycles. The molecule has 0 saturated carbocycles. The Hall–Kier alpha value is -2.53. The molecule has 4 nitrogen and oxygen atoms in total. The Kier molecular flexibility index (Phi) is 4.25. The highest BCUT2D eigenvalue weighted by molar-refractivity contribution is 5.33. The lowest BCUT2D eigenvalue weighted by atomic mass is 10.1. The van der Waals surface area contributed by atoms with E-state index in [4.69, 9.17) is 5.73 Å². The molecule has 3 aromatic rings. The largest absolute Gasteiger partial charge is 0.326 e. The van der Waals surface area contributed by atoms with Gasteiger partial charge >= 0.3 is 0 Å². The minimum atomic E-state index is -0.212. The predicted molar refractivity (Wildman–Crippen MR) is 83.1 cm³/mol. The lowest BCUT2D eigenvalue weighted by Crippen LogP contribution is -1.98. The highest BCUT2D eigenvalue weighted by atomic mass is 19.1. The first-order valence-corrected chi connectivity index (χ1v) is 7.19. The van der Waals surface area contributed by atoms with Gasteiger partial charge in [-0.05, 0) is 48.2 Å². The van der Waals surface area contributed by atoms with Gasteiger partial charge in [0.25, 0.3) is 0 Å². The number of halogens is 1. The lowest BCUT2D eigenvalue weighted by Gasteiger charge is -2.01. The molecule has 2 aromatic carbocycles. The van der Waals surface area contributed by atoms with E-state index < -0.39 is 0 Å². The summed E-state index contributed by atoms with van der Waals surface area (Å²) in [6.07, 6.45) is 3.50. The van der Waals surface area contributed by atoms with E-state index in [1.54, 1.807) is 16.8 Å². The maximum Gasteiger partial charge on any atom is 0.123 e. The molecule has 0 saturated heterocycles. The Morgan fingerprint density at radius 2 is 1.59 bits per heavy atom. The second-order valence-electron chi connectivity index (χ2n) is 5.15. The van der Waals surface area contributed by atoms with Gasteiger partial charge in [0.05, 0.1) is 17.6 Å². The van der Waals surface area contributed by atoms with Gasteiger partial charge in [0.15, 0.2) is 0 Å². The summed E-state index contributed by atoms with van der Waals surface area (Å²) in [6.45, 7) is 0.528. The SMILES string of the molecule is NCc1ccc(-n2cc(CCc3ccc(F)cc3)nn2)cc1. The Labute approximate surface area is 128 Å². The Balaban J connectivity index is 1.66. The van der Waals surface area contributed by atoms with Gasteiger partial charge < -0.3 is 5.73 Å². The molecule has 0 amide bonds. The average Bonchev–Trinajstić information content (AvgIpc) is 3.03. The number of aromatic nitrogens is 3. The van der Waals surface area contributed by atoms with Gasteiger partial charge in [-0.15, -0.1) is 5.10 Å². The molecule has 0 aliphatic rings. The predicted octanol–water partition coefficient (Wildman–Crippen LogP) is 2.65. The standard InChI is InChI=1S/C17H17FN4/c18-15-6-1-13(2-7-15)3-8-16-12-22(21-20-16)17-9-4-14(11-19)5-10-17/h1-2,4-7,9-10,12H,3,8,11,19H2. The van der Waals surface area contributed by atoms with Crippen LogP contribution < -0.4 is 5.73 Å². The van der Waals surface area contributed by atoms with Crippen LogP contribution in [-0.2, 0) is 19.4 Å². The monoisotopic (exact) mass is 296 g/mol. The summed E-state index contributed by atoms with van der Waals surface area (Å²) in [7, 11) is 0. The van der Waals surface area contributed by atoms with Crippen LogP contribution in [-0.4, -0.2) is 15.0 Å². The molecule has 5 heteroatoms. The maximum atomic E-state index is 12.9. The zero-order valence-corrected chi connectivity index (χ0v) is 12.1. The average molecular weight is 296 g/mol. The van der Waals surface area contributed by atoms with Crippen LogP contribution in [0.4, 0.5) is 4.39 Å². The van der Waals surface area contributed by atoms with E-state index in [2.05, 4.69) is 10.3 Å². The third-order valence-corrected chi connectivity index (χ3v) is 3.56. The van der Waals surface area contributed by atoms with Gasteiger partial charge in [-0.2, -0.15) is 0 Å². The van der Waals surface area contributed by atoms with Crippen molar-refractivity contribution in [2.45, 2.75) is 19.4 Å². The molecule has 0 spiro atoms. The van der Waals surface area contributed by atoms with Crippen LogP contribution in [0.2, 0.25) is 0 Å². The second kappa shape index (κ2) is 6.49. The van der Waals surface area contributed by atoms with Crippen LogP contribution in [0.5, 0.6) is 0 Å². The van der Waals surface area contributed by atoms with Crippen molar-refractivity contribution < 1.29 is 4.39 Å². The number of nitrogens with two attached hydrogens (primary N) is 1. The molecule has 0 aliphatic carbocycles. The van der Waals surface area contributed by atoms with Crippen LogP contribution >= 0.6 is 0 Å². The molecule has 0 radical (unpaired) electrons. The maximum absolute atomic E-state index is 12.9. The Morgan fingerprint density at radius 1 is 0.909 bits per heavy atom. The van der Waals surface area contributed by atoms with Crippen molar-refractivity contribution in [3.8, 4) is 5.69 Å². The molecular weight excluding hydrogens is 279 g/mol.